The van der Waals surface area contributed by atoms with E-state index in [9.17, 15) is 14.4 Å². The Morgan fingerprint density at radius 1 is 0.731 bits per heavy atom. The van der Waals surface area contributed by atoms with E-state index >= 15 is 0 Å². The predicted octanol–water partition coefficient (Wildman–Crippen LogP) is 4.37. The quantitative estimate of drug-likeness (QED) is 0.514. The minimum Gasteiger partial charge on any atom is -0.289 e. The molecule has 0 atom stereocenters. The fraction of sp³-hybridized carbons (Fsp3) is 0. The Balaban J connectivity index is 1.80. The Hall–Kier alpha value is -3.24. The summed E-state index contributed by atoms with van der Waals surface area (Å²) in [6, 6.07) is 19.7. The van der Waals surface area contributed by atoms with Gasteiger partial charge >= 0.3 is 0 Å². The molecular weight excluding hydrogens is 350 g/mol. The number of para-hydroxylation sites is 1. The van der Waals surface area contributed by atoms with E-state index in [2.05, 4.69) is 0 Å². The molecule has 1 aliphatic rings. The predicted molar refractivity (Wildman–Crippen MR) is 98.9 cm³/mol. The van der Waals surface area contributed by atoms with E-state index in [1.165, 1.54) is 0 Å². The average Bonchev–Trinajstić information content (AvgIpc) is 2.93. The van der Waals surface area contributed by atoms with E-state index in [0.717, 1.165) is 4.90 Å². The summed E-state index contributed by atoms with van der Waals surface area (Å²) in [6.45, 7) is 0. The molecule has 126 valence electrons. The van der Waals surface area contributed by atoms with Crippen molar-refractivity contribution in [3.63, 3.8) is 0 Å². The van der Waals surface area contributed by atoms with Gasteiger partial charge in [-0.05, 0) is 48.5 Å². The number of carbonyl (C=O) groups is 3. The first kappa shape index (κ1) is 16.2. The van der Waals surface area contributed by atoms with E-state index in [1.807, 2.05) is 0 Å². The van der Waals surface area contributed by atoms with Gasteiger partial charge in [-0.3, -0.25) is 14.4 Å². The van der Waals surface area contributed by atoms with Crippen molar-refractivity contribution in [1.29, 1.82) is 0 Å². The zero-order valence-electron chi connectivity index (χ0n) is 13.5. The number of carbonyl (C=O) groups excluding carboxylic acids is 3. The second-order valence-corrected chi connectivity index (χ2v) is 6.28. The Labute approximate surface area is 154 Å². The van der Waals surface area contributed by atoms with Crippen LogP contribution in [0, 0.1) is 0 Å². The molecule has 2 amide bonds. The number of rotatable bonds is 3. The molecular formula is C21H12ClNO3. The van der Waals surface area contributed by atoms with Crippen molar-refractivity contribution in [3.05, 3.63) is 100 Å². The number of amides is 2. The van der Waals surface area contributed by atoms with E-state index in [-0.39, 0.29) is 17.0 Å². The largest absolute Gasteiger partial charge is 0.289 e. The molecule has 1 heterocycles. The molecule has 0 fully saturated rings. The van der Waals surface area contributed by atoms with Crippen molar-refractivity contribution < 1.29 is 14.4 Å². The molecule has 0 saturated heterocycles. The monoisotopic (exact) mass is 361 g/mol. The summed E-state index contributed by atoms with van der Waals surface area (Å²) >= 11 is 5.88. The molecule has 0 radical (unpaired) electrons. The van der Waals surface area contributed by atoms with Crippen molar-refractivity contribution in [2.75, 3.05) is 4.90 Å². The lowest BCUT2D eigenvalue weighted by molar-refractivity contribution is 0.0926. The summed E-state index contributed by atoms with van der Waals surface area (Å²) in [4.78, 5) is 39.5. The van der Waals surface area contributed by atoms with Gasteiger partial charge in [-0.2, -0.15) is 0 Å². The Kier molecular flexibility index (Phi) is 3.90. The lowest BCUT2D eigenvalue weighted by atomic mass is 10.0. The topological polar surface area (TPSA) is 54.5 Å². The van der Waals surface area contributed by atoms with Crippen molar-refractivity contribution in [2.45, 2.75) is 0 Å². The third-order valence-corrected chi connectivity index (χ3v) is 4.54. The van der Waals surface area contributed by atoms with Crippen LogP contribution in [-0.4, -0.2) is 17.6 Å². The zero-order chi connectivity index (χ0) is 18.3. The van der Waals surface area contributed by atoms with Crippen LogP contribution in [0.5, 0.6) is 0 Å². The van der Waals surface area contributed by atoms with Gasteiger partial charge in [0.1, 0.15) is 0 Å². The van der Waals surface area contributed by atoms with Crippen LogP contribution in [0.2, 0.25) is 5.02 Å². The smallest absolute Gasteiger partial charge is 0.266 e. The minimum atomic E-state index is -0.429. The highest BCUT2D eigenvalue weighted by Crippen LogP contribution is 2.31. The zero-order valence-corrected chi connectivity index (χ0v) is 14.2. The van der Waals surface area contributed by atoms with Gasteiger partial charge < -0.3 is 0 Å². The van der Waals surface area contributed by atoms with Gasteiger partial charge in [-0.25, -0.2) is 4.90 Å². The summed E-state index contributed by atoms with van der Waals surface area (Å²) in [5, 5.41) is 0.523. The van der Waals surface area contributed by atoms with Crippen LogP contribution in [-0.2, 0) is 0 Å². The van der Waals surface area contributed by atoms with E-state index in [1.54, 1.807) is 72.8 Å². The van der Waals surface area contributed by atoms with Crippen molar-refractivity contribution in [1.82, 2.24) is 0 Å². The molecule has 0 N–H and O–H groups in total. The van der Waals surface area contributed by atoms with Crippen molar-refractivity contribution in [2.24, 2.45) is 0 Å². The molecule has 5 heteroatoms. The first-order valence-corrected chi connectivity index (χ1v) is 8.33. The molecule has 0 saturated carbocycles. The van der Waals surface area contributed by atoms with Crippen LogP contribution in [0.4, 0.5) is 5.69 Å². The van der Waals surface area contributed by atoms with Gasteiger partial charge in [0.15, 0.2) is 5.78 Å². The van der Waals surface area contributed by atoms with Gasteiger partial charge in [0.05, 0.1) is 16.8 Å². The van der Waals surface area contributed by atoms with E-state index < -0.39 is 11.8 Å². The Bertz CT molecular complexity index is 1020. The molecule has 3 aromatic rings. The third kappa shape index (κ3) is 2.52. The first-order valence-electron chi connectivity index (χ1n) is 7.95. The maximum Gasteiger partial charge on any atom is 0.266 e. The Morgan fingerprint density at radius 2 is 1.27 bits per heavy atom. The van der Waals surface area contributed by atoms with Crippen LogP contribution in [0.25, 0.3) is 0 Å². The lowest BCUT2D eigenvalue weighted by Gasteiger charge is -2.17. The van der Waals surface area contributed by atoms with Crippen molar-refractivity contribution in [3.8, 4) is 0 Å². The maximum atomic E-state index is 12.9. The molecule has 0 bridgehead atoms. The van der Waals surface area contributed by atoms with Crippen LogP contribution in [0.15, 0.2) is 72.8 Å². The molecule has 0 aromatic heterocycles. The molecule has 3 aromatic carbocycles. The molecule has 0 unspecified atom stereocenters. The molecule has 0 spiro atoms. The van der Waals surface area contributed by atoms with E-state index in [4.69, 9.17) is 11.6 Å². The van der Waals surface area contributed by atoms with Gasteiger partial charge in [0.2, 0.25) is 0 Å². The highest BCUT2D eigenvalue weighted by molar-refractivity contribution is 6.36. The summed E-state index contributed by atoms with van der Waals surface area (Å²) in [5.74, 6) is -1.14. The maximum absolute atomic E-state index is 12.9. The molecule has 4 nitrogen and oxygen atoms in total. The fourth-order valence-electron chi connectivity index (χ4n) is 3.03. The second-order valence-electron chi connectivity index (χ2n) is 5.84. The number of ketones is 1. The number of hydrogen-bond acceptors (Lipinski definition) is 3. The highest BCUT2D eigenvalue weighted by atomic mass is 35.5. The second kappa shape index (κ2) is 6.24. The summed E-state index contributed by atoms with van der Waals surface area (Å²) in [6.07, 6.45) is 0. The molecule has 26 heavy (non-hydrogen) atoms. The summed E-state index contributed by atoms with van der Waals surface area (Å²) in [5.41, 5.74) is 1.67. The van der Waals surface area contributed by atoms with Gasteiger partial charge in [-0.1, -0.05) is 35.9 Å². The van der Waals surface area contributed by atoms with Crippen LogP contribution < -0.4 is 4.90 Å². The number of halogens is 1. The molecule has 1 aliphatic heterocycles. The van der Waals surface area contributed by atoms with Gasteiger partial charge in [-0.15, -0.1) is 0 Å². The number of benzene rings is 3. The fourth-order valence-corrected chi connectivity index (χ4v) is 3.15. The number of anilines is 1. The number of hydrogen-bond donors (Lipinski definition) is 0. The number of nitrogens with zero attached hydrogens (tertiary/aromatic N) is 1. The minimum absolute atomic E-state index is 0.277. The van der Waals surface area contributed by atoms with Crippen LogP contribution >= 0.6 is 11.6 Å². The van der Waals surface area contributed by atoms with Gasteiger partial charge in [0, 0.05) is 16.1 Å². The molecule has 0 aliphatic carbocycles. The van der Waals surface area contributed by atoms with Crippen molar-refractivity contribution >= 4 is 34.9 Å². The number of imide groups is 1. The summed E-state index contributed by atoms with van der Waals surface area (Å²) < 4.78 is 0. The van der Waals surface area contributed by atoms with Crippen LogP contribution in [0.3, 0.4) is 0 Å². The third-order valence-electron chi connectivity index (χ3n) is 4.29. The molecule has 4 rings (SSSR count). The number of fused-ring (bicyclic) bond motifs is 1. The Morgan fingerprint density at radius 3 is 1.88 bits per heavy atom. The van der Waals surface area contributed by atoms with Crippen LogP contribution in [0.1, 0.15) is 36.6 Å². The average molecular weight is 362 g/mol. The van der Waals surface area contributed by atoms with E-state index in [0.29, 0.717) is 21.7 Å². The lowest BCUT2D eigenvalue weighted by Crippen LogP contribution is -2.31. The normalized spacial score (nSPS) is 13.0. The van der Waals surface area contributed by atoms with Gasteiger partial charge in [0.25, 0.3) is 11.8 Å². The first-order chi connectivity index (χ1) is 12.6. The SMILES string of the molecule is O=C(c1ccc(Cl)cc1)c1ccccc1N1C(=O)c2ccccc2C1=O. The standard InChI is InChI=1S/C21H12ClNO3/c22-14-11-9-13(10-12-14)19(24)17-7-3-4-8-18(17)23-20(25)15-5-1-2-6-16(15)21(23)26/h1-12H. The summed E-state index contributed by atoms with van der Waals surface area (Å²) in [7, 11) is 0. The highest BCUT2D eigenvalue weighted by Gasteiger charge is 2.37.